The van der Waals surface area contributed by atoms with Gasteiger partial charge in [0.05, 0.1) is 11.1 Å². The van der Waals surface area contributed by atoms with Crippen molar-refractivity contribution in [2.45, 2.75) is 25.0 Å². The van der Waals surface area contributed by atoms with E-state index in [0.717, 1.165) is 12.1 Å². The van der Waals surface area contributed by atoms with Gasteiger partial charge in [0.15, 0.2) is 0 Å². The van der Waals surface area contributed by atoms with Crippen molar-refractivity contribution in [2.75, 3.05) is 6.54 Å². The van der Waals surface area contributed by atoms with Gasteiger partial charge in [-0.3, -0.25) is 0 Å². The van der Waals surface area contributed by atoms with E-state index in [4.69, 9.17) is 9.84 Å². The Morgan fingerprint density at radius 1 is 1.07 bits per heavy atom. The Morgan fingerprint density at radius 3 is 2.31 bits per heavy atom. The normalized spacial score (nSPS) is 13.4. The van der Waals surface area contributed by atoms with Gasteiger partial charge >= 0.3 is 18.2 Å². The molecule has 0 saturated carbocycles. The Kier molecular flexibility index (Phi) is 7.18. The summed E-state index contributed by atoms with van der Waals surface area (Å²) in [5.41, 5.74) is -2.02. The molecular formula is C19H18F3NO6. The fourth-order valence-electron chi connectivity index (χ4n) is 2.47. The third-order valence-electron chi connectivity index (χ3n) is 3.96. The third-order valence-corrected chi connectivity index (χ3v) is 3.96. The molecular weight excluding hydrogens is 395 g/mol. The molecule has 2 aromatic rings. The number of ether oxygens (including phenoxy) is 1. The van der Waals surface area contributed by atoms with Crippen molar-refractivity contribution in [3.8, 4) is 0 Å². The first kappa shape index (κ1) is 22.2. The molecule has 0 spiro atoms. The molecule has 0 bridgehead atoms. The number of aliphatic hydroxyl groups excluding tert-OH is 2. The van der Waals surface area contributed by atoms with E-state index < -0.39 is 53.7 Å². The van der Waals surface area contributed by atoms with Gasteiger partial charge in [0.2, 0.25) is 0 Å². The number of amides is 1. The zero-order chi connectivity index (χ0) is 21.6. The maximum Gasteiger partial charge on any atom is 0.416 e. The van der Waals surface area contributed by atoms with Crippen LogP contribution in [0.5, 0.6) is 0 Å². The van der Waals surface area contributed by atoms with E-state index in [0.29, 0.717) is 11.6 Å². The number of carboxylic acid groups (broad SMARTS) is 1. The van der Waals surface area contributed by atoms with Crippen LogP contribution in [0.25, 0.3) is 0 Å². The Bertz CT molecular complexity index is 857. The molecule has 2 unspecified atom stereocenters. The van der Waals surface area contributed by atoms with Crippen molar-refractivity contribution in [2.24, 2.45) is 0 Å². The minimum Gasteiger partial charge on any atom is -0.478 e. The number of hydrogen-bond acceptors (Lipinski definition) is 5. The van der Waals surface area contributed by atoms with Gasteiger partial charge in [-0.15, -0.1) is 0 Å². The van der Waals surface area contributed by atoms with Crippen molar-refractivity contribution in [3.63, 3.8) is 0 Å². The molecule has 0 aliphatic carbocycles. The average molecular weight is 413 g/mol. The summed E-state index contributed by atoms with van der Waals surface area (Å²) >= 11 is 0. The van der Waals surface area contributed by atoms with Crippen LogP contribution >= 0.6 is 0 Å². The molecule has 0 radical (unpaired) electrons. The lowest BCUT2D eigenvalue weighted by Gasteiger charge is -2.22. The molecule has 2 aromatic carbocycles. The van der Waals surface area contributed by atoms with E-state index in [9.17, 15) is 33.0 Å². The van der Waals surface area contributed by atoms with Gasteiger partial charge < -0.3 is 25.4 Å². The predicted molar refractivity (Wildman–Crippen MR) is 94.0 cm³/mol. The lowest BCUT2D eigenvalue weighted by molar-refractivity contribution is -0.139. The summed E-state index contributed by atoms with van der Waals surface area (Å²) in [6, 6.07) is 10.7. The number of halogens is 3. The van der Waals surface area contributed by atoms with Gasteiger partial charge in [0.25, 0.3) is 0 Å². The number of rotatable bonds is 7. The summed E-state index contributed by atoms with van der Waals surface area (Å²) < 4.78 is 44.5. The fourth-order valence-corrected chi connectivity index (χ4v) is 2.47. The van der Waals surface area contributed by atoms with Crippen LogP contribution in [0.4, 0.5) is 18.0 Å². The van der Waals surface area contributed by atoms with Crippen LogP contribution in [0.2, 0.25) is 0 Å². The van der Waals surface area contributed by atoms with Gasteiger partial charge in [-0.1, -0.05) is 36.4 Å². The minimum atomic E-state index is -4.95. The van der Waals surface area contributed by atoms with E-state index in [1.54, 1.807) is 30.3 Å². The lowest BCUT2D eigenvalue weighted by Crippen LogP contribution is -2.36. The largest absolute Gasteiger partial charge is 0.478 e. The second kappa shape index (κ2) is 9.39. The molecule has 0 aliphatic rings. The molecule has 2 atom stereocenters. The molecule has 10 heteroatoms. The highest BCUT2D eigenvalue weighted by molar-refractivity contribution is 5.88. The molecule has 7 nitrogen and oxygen atoms in total. The number of alkyl carbamates (subject to hydrolysis) is 1. The zero-order valence-corrected chi connectivity index (χ0v) is 14.9. The number of hydrogen-bond donors (Lipinski definition) is 4. The van der Waals surface area contributed by atoms with E-state index in [-0.39, 0.29) is 6.61 Å². The van der Waals surface area contributed by atoms with Gasteiger partial charge in [0.1, 0.15) is 18.8 Å². The Morgan fingerprint density at radius 2 is 1.72 bits per heavy atom. The van der Waals surface area contributed by atoms with Gasteiger partial charge in [-0.05, 0) is 23.3 Å². The Hall–Kier alpha value is -3.11. The van der Waals surface area contributed by atoms with Crippen molar-refractivity contribution in [3.05, 3.63) is 70.8 Å². The van der Waals surface area contributed by atoms with E-state index in [2.05, 4.69) is 5.32 Å². The van der Waals surface area contributed by atoms with Crippen molar-refractivity contribution in [1.82, 2.24) is 5.32 Å². The second-order valence-electron chi connectivity index (χ2n) is 6.06. The highest BCUT2D eigenvalue weighted by Gasteiger charge is 2.37. The molecule has 0 aliphatic heterocycles. The molecule has 156 valence electrons. The number of benzene rings is 2. The van der Waals surface area contributed by atoms with Crippen LogP contribution in [0, 0.1) is 0 Å². The molecule has 1 amide bonds. The minimum absolute atomic E-state index is 0.0554. The smallest absolute Gasteiger partial charge is 0.416 e. The van der Waals surface area contributed by atoms with E-state index >= 15 is 0 Å². The van der Waals surface area contributed by atoms with Crippen LogP contribution in [-0.2, 0) is 17.5 Å². The number of aliphatic hydroxyl groups is 2. The number of carboxylic acids is 1. The number of aromatic carboxylic acids is 1. The van der Waals surface area contributed by atoms with E-state index in [1.807, 2.05) is 0 Å². The van der Waals surface area contributed by atoms with Crippen LogP contribution in [0.15, 0.2) is 48.5 Å². The highest BCUT2D eigenvalue weighted by Crippen LogP contribution is 2.36. The van der Waals surface area contributed by atoms with Gasteiger partial charge in [-0.2, -0.15) is 13.2 Å². The molecule has 0 heterocycles. The summed E-state index contributed by atoms with van der Waals surface area (Å²) in [5.74, 6) is -1.57. The SMILES string of the molecule is O=C(NCC(O)C(O)c1ccc(C(=O)O)cc1C(F)(F)F)OCc1ccccc1. The first-order valence-corrected chi connectivity index (χ1v) is 8.34. The summed E-state index contributed by atoms with van der Waals surface area (Å²) in [5, 5.41) is 31.1. The van der Waals surface area contributed by atoms with Crippen LogP contribution < -0.4 is 5.32 Å². The summed E-state index contributed by atoms with van der Waals surface area (Å²) in [7, 11) is 0. The second-order valence-corrected chi connectivity index (χ2v) is 6.06. The lowest BCUT2D eigenvalue weighted by atomic mass is 9.96. The van der Waals surface area contributed by atoms with Gasteiger partial charge in [-0.25, -0.2) is 9.59 Å². The molecule has 29 heavy (non-hydrogen) atoms. The molecule has 2 rings (SSSR count). The quantitative estimate of drug-likeness (QED) is 0.555. The summed E-state index contributed by atoms with van der Waals surface area (Å²) in [6.07, 6.45) is -9.71. The van der Waals surface area contributed by atoms with Crippen molar-refractivity contribution < 1.29 is 42.8 Å². The van der Waals surface area contributed by atoms with Crippen LogP contribution in [0.3, 0.4) is 0 Å². The third kappa shape index (κ3) is 6.19. The Balaban J connectivity index is 2.01. The molecule has 4 N–H and O–H groups in total. The van der Waals surface area contributed by atoms with Crippen molar-refractivity contribution >= 4 is 12.1 Å². The Labute approximate surface area is 163 Å². The monoisotopic (exact) mass is 413 g/mol. The number of carbonyl (C=O) groups is 2. The highest BCUT2D eigenvalue weighted by atomic mass is 19.4. The number of nitrogens with one attached hydrogen (secondary N) is 1. The standard InChI is InChI=1S/C19H18F3NO6/c20-19(21,22)14-8-12(17(26)27)6-7-13(14)16(25)15(24)9-23-18(28)29-10-11-4-2-1-3-5-11/h1-8,15-16,24-25H,9-10H2,(H,23,28)(H,26,27). The maximum absolute atomic E-state index is 13.2. The van der Waals surface area contributed by atoms with Crippen LogP contribution in [0.1, 0.15) is 33.2 Å². The molecule has 0 aromatic heterocycles. The van der Waals surface area contributed by atoms with Crippen molar-refractivity contribution in [1.29, 1.82) is 0 Å². The first-order valence-electron chi connectivity index (χ1n) is 8.34. The van der Waals surface area contributed by atoms with Crippen LogP contribution in [-0.4, -0.2) is 40.0 Å². The predicted octanol–water partition coefficient (Wildman–Crippen LogP) is 2.72. The fraction of sp³-hybridized carbons (Fsp3) is 0.263. The topological polar surface area (TPSA) is 116 Å². The van der Waals surface area contributed by atoms with E-state index in [1.165, 1.54) is 0 Å². The van der Waals surface area contributed by atoms with Gasteiger partial charge in [0, 0.05) is 6.54 Å². The zero-order valence-electron chi connectivity index (χ0n) is 14.9. The summed E-state index contributed by atoms with van der Waals surface area (Å²) in [4.78, 5) is 22.6. The first-order chi connectivity index (χ1) is 13.6. The number of carbonyl (C=O) groups excluding carboxylic acids is 1. The molecule has 0 fully saturated rings. The summed E-state index contributed by atoms with van der Waals surface area (Å²) in [6.45, 7) is -0.646. The number of alkyl halides is 3. The maximum atomic E-state index is 13.2. The molecule has 0 saturated heterocycles. The average Bonchev–Trinajstić information content (AvgIpc) is 2.69.